The molecule has 0 unspecified atom stereocenters. The second kappa shape index (κ2) is 8.03. The van der Waals surface area contributed by atoms with Gasteiger partial charge in [0.25, 0.3) is 5.91 Å². The van der Waals surface area contributed by atoms with Crippen molar-refractivity contribution in [2.24, 2.45) is 5.73 Å². The van der Waals surface area contributed by atoms with Gasteiger partial charge in [-0.15, -0.1) is 10.2 Å². The van der Waals surface area contributed by atoms with Crippen LogP contribution in [0, 0.1) is 12.3 Å². The summed E-state index contributed by atoms with van der Waals surface area (Å²) in [5.41, 5.74) is 6.98. The summed E-state index contributed by atoms with van der Waals surface area (Å²) >= 11 is 1.08. The topological polar surface area (TPSA) is 110 Å². The highest BCUT2D eigenvalue weighted by atomic mass is 32.1. The normalized spacial score (nSPS) is 12.3. The SMILES string of the molecule is Cc1cccc2c1cc(-c1nnc(CNC(=O)/C(N)=C/C=N)s1)n2CC(F)(F)F. The highest BCUT2D eigenvalue weighted by molar-refractivity contribution is 7.14. The summed E-state index contributed by atoms with van der Waals surface area (Å²) in [4.78, 5) is 11.8. The van der Waals surface area contributed by atoms with Gasteiger partial charge < -0.3 is 21.0 Å². The van der Waals surface area contributed by atoms with Crippen molar-refractivity contribution in [2.75, 3.05) is 0 Å². The number of hydrogen-bond acceptors (Lipinski definition) is 6. The molecule has 0 spiro atoms. The Morgan fingerprint density at radius 2 is 2.14 bits per heavy atom. The van der Waals surface area contributed by atoms with Gasteiger partial charge in [0.1, 0.15) is 11.6 Å². The largest absolute Gasteiger partial charge is 0.406 e. The van der Waals surface area contributed by atoms with Crippen molar-refractivity contribution in [3.63, 3.8) is 0 Å². The first-order chi connectivity index (χ1) is 13.7. The third-order valence-corrected chi connectivity index (χ3v) is 5.06. The molecule has 0 radical (unpaired) electrons. The lowest BCUT2D eigenvalue weighted by Crippen LogP contribution is -2.28. The van der Waals surface area contributed by atoms with Crippen LogP contribution in [-0.2, 0) is 17.9 Å². The summed E-state index contributed by atoms with van der Waals surface area (Å²) in [5, 5.41) is 18.8. The summed E-state index contributed by atoms with van der Waals surface area (Å²) < 4.78 is 40.7. The molecule has 3 aromatic rings. The molecule has 0 saturated carbocycles. The van der Waals surface area contributed by atoms with Crippen LogP contribution in [0.25, 0.3) is 21.6 Å². The van der Waals surface area contributed by atoms with E-state index >= 15 is 0 Å². The number of nitrogens with two attached hydrogens (primary N) is 1. The Labute approximate surface area is 167 Å². The summed E-state index contributed by atoms with van der Waals surface area (Å²) in [5.74, 6) is -0.577. The molecule has 4 N–H and O–H groups in total. The van der Waals surface area contributed by atoms with Crippen LogP contribution >= 0.6 is 11.3 Å². The Morgan fingerprint density at radius 3 is 2.83 bits per heavy atom. The standard InChI is InChI=1S/C18H17F3N6OS/c1-10-3-2-4-13-11(10)7-14(27(13)9-18(19,20)21)17-26-25-15(29-17)8-24-16(28)12(23)5-6-22/h2-7,22H,8-9,23H2,1H3,(H,24,28)/b12-5-,22-6?. The number of aryl methyl sites for hydroxylation is 1. The number of hydrogen-bond donors (Lipinski definition) is 3. The second-order valence-corrected chi connectivity index (χ2v) is 7.27. The van der Waals surface area contributed by atoms with E-state index in [2.05, 4.69) is 15.5 Å². The molecule has 11 heteroatoms. The van der Waals surface area contributed by atoms with Crippen LogP contribution < -0.4 is 11.1 Å². The molecule has 0 bridgehead atoms. The second-order valence-electron chi connectivity index (χ2n) is 6.21. The molecule has 0 saturated heterocycles. The summed E-state index contributed by atoms with van der Waals surface area (Å²) in [6, 6.07) is 6.85. The van der Waals surface area contributed by atoms with Crippen LogP contribution in [0.1, 0.15) is 10.6 Å². The number of benzene rings is 1. The van der Waals surface area contributed by atoms with Gasteiger partial charge in [-0.2, -0.15) is 13.2 Å². The third kappa shape index (κ3) is 4.62. The van der Waals surface area contributed by atoms with Gasteiger partial charge >= 0.3 is 6.18 Å². The number of nitrogens with one attached hydrogen (secondary N) is 2. The van der Waals surface area contributed by atoms with E-state index in [1.165, 1.54) is 4.57 Å². The van der Waals surface area contributed by atoms with E-state index in [0.717, 1.165) is 29.2 Å². The van der Waals surface area contributed by atoms with E-state index in [-0.39, 0.29) is 12.2 Å². The Bertz CT molecular complexity index is 1100. The van der Waals surface area contributed by atoms with Crippen molar-refractivity contribution in [1.29, 1.82) is 5.41 Å². The summed E-state index contributed by atoms with van der Waals surface area (Å²) in [6.07, 6.45) is -2.37. The van der Waals surface area contributed by atoms with E-state index in [1.54, 1.807) is 18.2 Å². The van der Waals surface area contributed by atoms with E-state index < -0.39 is 18.6 Å². The minimum Gasteiger partial charge on any atom is -0.394 e. The van der Waals surface area contributed by atoms with Crippen LogP contribution in [-0.4, -0.2) is 33.1 Å². The van der Waals surface area contributed by atoms with Crippen molar-refractivity contribution in [3.8, 4) is 10.7 Å². The first-order valence-corrected chi connectivity index (χ1v) is 9.24. The van der Waals surface area contributed by atoms with Gasteiger partial charge in [-0.1, -0.05) is 23.5 Å². The molecule has 0 aliphatic rings. The molecule has 152 valence electrons. The monoisotopic (exact) mass is 422 g/mol. The highest BCUT2D eigenvalue weighted by Gasteiger charge is 2.30. The van der Waals surface area contributed by atoms with Crippen molar-refractivity contribution in [3.05, 3.63) is 46.6 Å². The van der Waals surface area contributed by atoms with E-state index in [1.807, 2.05) is 13.0 Å². The predicted molar refractivity (Wildman–Crippen MR) is 105 cm³/mol. The number of halogens is 3. The molecular weight excluding hydrogens is 405 g/mol. The van der Waals surface area contributed by atoms with Gasteiger partial charge in [0.2, 0.25) is 0 Å². The van der Waals surface area contributed by atoms with Crippen LogP contribution in [0.5, 0.6) is 0 Å². The number of fused-ring (bicyclic) bond motifs is 1. The number of aromatic nitrogens is 3. The maximum absolute atomic E-state index is 13.2. The lowest BCUT2D eigenvalue weighted by Gasteiger charge is -2.12. The van der Waals surface area contributed by atoms with Crippen LogP contribution in [0.2, 0.25) is 0 Å². The van der Waals surface area contributed by atoms with E-state index in [9.17, 15) is 18.0 Å². The quantitative estimate of drug-likeness (QED) is 0.419. The minimum atomic E-state index is -4.40. The number of nitrogens with zero attached hydrogens (tertiary/aromatic N) is 3. The van der Waals surface area contributed by atoms with Crippen LogP contribution in [0.4, 0.5) is 13.2 Å². The molecule has 3 rings (SSSR count). The van der Waals surface area contributed by atoms with Crippen LogP contribution in [0.3, 0.4) is 0 Å². The third-order valence-electron chi connectivity index (χ3n) is 4.11. The average Bonchev–Trinajstić information content (AvgIpc) is 3.24. The smallest absolute Gasteiger partial charge is 0.394 e. The number of carbonyl (C=O) groups excluding carboxylic acids is 1. The zero-order chi connectivity index (χ0) is 21.2. The maximum atomic E-state index is 13.2. The molecule has 2 heterocycles. The Balaban J connectivity index is 1.92. The van der Waals surface area contributed by atoms with Gasteiger partial charge in [-0.05, 0) is 30.7 Å². The summed E-state index contributed by atoms with van der Waals surface area (Å²) in [6.45, 7) is 0.699. The molecule has 0 aliphatic heterocycles. The molecule has 7 nitrogen and oxygen atoms in total. The fraction of sp³-hybridized carbons (Fsp3) is 0.222. The first kappa shape index (κ1) is 20.5. The molecule has 1 aromatic carbocycles. The van der Waals surface area contributed by atoms with E-state index in [0.29, 0.717) is 26.6 Å². The Kier molecular flexibility index (Phi) is 5.69. The van der Waals surface area contributed by atoms with Gasteiger partial charge in [0, 0.05) is 17.1 Å². The molecule has 1 amide bonds. The van der Waals surface area contributed by atoms with Crippen LogP contribution in [0.15, 0.2) is 36.0 Å². The molecule has 0 aliphatic carbocycles. The van der Waals surface area contributed by atoms with E-state index in [4.69, 9.17) is 11.1 Å². The zero-order valence-corrected chi connectivity index (χ0v) is 16.1. The molecule has 29 heavy (non-hydrogen) atoms. The molecular formula is C18H17F3N6OS. The number of alkyl halides is 3. The number of amides is 1. The summed E-state index contributed by atoms with van der Waals surface area (Å²) in [7, 11) is 0. The minimum absolute atomic E-state index is 0.0154. The van der Waals surface area contributed by atoms with Crippen molar-refractivity contribution < 1.29 is 18.0 Å². The lowest BCUT2D eigenvalue weighted by molar-refractivity contribution is -0.139. The predicted octanol–water partition coefficient (Wildman–Crippen LogP) is 3.14. The lowest BCUT2D eigenvalue weighted by atomic mass is 10.1. The highest BCUT2D eigenvalue weighted by Crippen LogP contribution is 2.34. The molecule has 0 atom stereocenters. The fourth-order valence-electron chi connectivity index (χ4n) is 2.81. The van der Waals surface area contributed by atoms with Gasteiger partial charge in [0.15, 0.2) is 5.01 Å². The Morgan fingerprint density at radius 1 is 1.38 bits per heavy atom. The number of carbonyl (C=O) groups is 1. The number of allylic oxidation sites excluding steroid dienone is 1. The van der Waals surface area contributed by atoms with Gasteiger partial charge in [0.05, 0.1) is 17.9 Å². The molecule has 0 fully saturated rings. The van der Waals surface area contributed by atoms with Crippen molar-refractivity contribution in [2.45, 2.75) is 26.2 Å². The van der Waals surface area contributed by atoms with Crippen molar-refractivity contribution >= 4 is 34.4 Å². The van der Waals surface area contributed by atoms with Crippen molar-refractivity contribution in [1.82, 2.24) is 20.1 Å². The van der Waals surface area contributed by atoms with Gasteiger partial charge in [-0.25, -0.2) is 0 Å². The average molecular weight is 422 g/mol. The fourth-order valence-corrected chi connectivity index (χ4v) is 3.62. The maximum Gasteiger partial charge on any atom is 0.406 e. The van der Waals surface area contributed by atoms with Gasteiger partial charge in [-0.3, -0.25) is 4.79 Å². The number of rotatable bonds is 6. The zero-order valence-electron chi connectivity index (χ0n) is 15.2. The Hall–Kier alpha value is -3.21. The molecule has 2 aromatic heterocycles. The first-order valence-electron chi connectivity index (χ1n) is 8.42.